The molecule has 3 N–H and O–H groups in total. The van der Waals surface area contributed by atoms with Gasteiger partial charge in [-0.25, -0.2) is 4.79 Å². The van der Waals surface area contributed by atoms with Gasteiger partial charge in [0.25, 0.3) is 0 Å². The van der Waals surface area contributed by atoms with Crippen LogP contribution in [0.5, 0.6) is 11.5 Å². The SMILES string of the molecule is C=CCO[C@@]12Oc3ccc(OC(=O)NCc4ccccc4)cc3[C@H]3[C@H](CCCCO)[C@@H](CCCCO)C=C(C(=NOC(C)(C)C)C[C@@H]1Sc1ccc4ccccc4c1)[C@H]32. The van der Waals surface area contributed by atoms with Gasteiger partial charge >= 0.3 is 6.09 Å². The first-order valence-corrected chi connectivity index (χ1v) is 21.9. The van der Waals surface area contributed by atoms with E-state index in [-0.39, 0.29) is 48.7 Å². The quantitative estimate of drug-likeness (QED) is 0.0548. The molecule has 10 heteroatoms. The largest absolute Gasteiger partial charge is 0.460 e. The van der Waals surface area contributed by atoms with Gasteiger partial charge in [0.05, 0.1) is 23.5 Å². The van der Waals surface area contributed by atoms with Gasteiger partial charge in [0, 0.05) is 42.6 Å². The lowest BCUT2D eigenvalue weighted by molar-refractivity contribution is -0.223. The van der Waals surface area contributed by atoms with Gasteiger partial charge in [-0.15, -0.1) is 18.3 Å². The standard InChI is InChI=1S/C49H58N2O7S/c1-5-27-55-49-44(59-38-23-21-34-17-9-10-18-35(34)28-38)31-42(51-58-48(2,3)4)40-29-36(19-11-13-25-52)39(20-12-14-26-53)45(46(40)49)41-30-37(22-24-43(41)57-49)56-47(54)50-32-33-15-7-6-8-16-33/h5-10,15-18,21-24,28-30,36,39,44-46,52-53H,1,11-14,19-20,25-27,31-32H2,2-4H3,(H,50,54)/t36-,39+,44-,45+,46+,49+/m0/s1. The van der Waals surface area contributed by atoms with Crippen molar-refractivity contribution >= 4 is 34.3 Å². The number of carbonyl (C=O) groups is 1. The Morgan fingerprint density at radius 1 is 0.949 bits per heavy atom. The van der Waals surface area contributed by atoms with Gasteiger partial charge in [-0.05, 0) is 111 Å². The maximum Gasteiger partial charge on any atom is 0.412 e. The number of rotatable bonds is 17. The third-order valence-corrected chi connectivity index (χ3v) is 12.8. The predicted octanol–water partition coefficient (Wildman–Crippen LogP) is 10.4. The molecule has 0 bridgehead atoms. The number of hydrogen-bond acceptors (Lipinski definition) is 9. The zero-order valence-electron chi connectivity index (χ0n) is 34.5. The lowest BCUT2D eigenvalue weighted by Crippen LogP contribution is -2.64. The number of nitrogens with zero attached hydrogens (tertiary/aromatic N) is 1. The molecular formula is C49H58N2O7S. The first-order valence-electron chi connectivity index (χ1n) is 21.0. The molecule has 0 unspecified atom stereocenters. The second-order valence-electron chi connectivity index (χ2n) is 16.8. The molecule has 1 amide bonds. The Kier molecular flexibility index (Phi) is 13.8. The first-order chi connectivity index (χ1) is 28.6. The monoisotopic (exact) mass is 818 g/mol. The molecule has 59 heavy (non-hydrogen) atoms. The fourth-order valence-corrected chi connectivity index (χ4v) is 10.3. The molecule has 0 spiro atoms. The molecule has 1 heterocycles. The summed E-state index contributed by atoms with van der Waals surface area (Å²) in [5.74, 6) is -0.262. The van der Waals surface area contributed by atoms with E-state index < -0.39 is 17.5 Å². The Bertz CT molecular complexity index is 2130. The molecule has 7 rings (SSSR count). The normalized spacial score (nSPS) is 24.1. The van der Waals surface area contributed by atoms with E-state index in [4.69, 9.17) is 24.2 Å². The average Bonchev–Trinajstić information content (AvgIpc) is 3.23. The highest BCUT2D eigenvalue weighted by atomic mass is 32.2. The number of thioether (sulfide) groups is 1. The Labute approximate surface area is 352 Å². The van der Waals surface area contributed by atoms with Crippen molar-refractivity contribution in [2.24, 2.45) is 22.9 Å². The van der Waals surface area contributed by atoms with Crippen LogP contribution in [-0.2, 0) is 16.1 Å². The fourth-order valence-electron chi connectivity index (χ4n) is 9.00. The molecule has 0 radical (unpaired) electrons. The minimum atomic E-state index is -1.14. The molecule has 4 aromatic rings. The highest BCUT2D eigenvalue weighted by Crippen LogP contribution is 2.63. The van der Waals surface area contributed by atoms with Gasteiger partial charge in [-0.2, -0.15) is 0 Å². The van der Waals surface area contributed by atoms with Crippen LogP contribution in [0.2, 0.25) is 0 Å². The van der Waals surface area contributed by atoms with Gasteiger partial charge in [0.15, 0.2) is 0 Å². The second-order valence-corrected chi connectivity index (χ2v) is 18.1. The third kappa shape index (κ3) is 9.89. The number of ether oxygens (including phenoxy) is 3. The van der Waals surface area contributed by atoms with E-state index in [1.54, 1.807) is 23.9 Å². The number of nitrogens with one attached hydrogen (secondary N) is 1. The summed E-state index contributed by atoms with van der Waals surface area (Å²) in [6.07, 6.45) is 8.95. The number of allylic oxidation sites excluding steroid dienone is 1. The summed E-state index contributed by atoms with van der Waals surface area (Å²) in [5.41, 5.74) is 3.31. The van der Waals surface area contributed by atoms with Crippen LogP contribution in [0.15, 0.2) is 125 Å². The summed E-state index contributed by atoms with van der Waals surface area (Å²) >= 11 is 1.73. The molecule has 4 aromatic carbocycles. The summed E-state index contributed by atoms with van der Waals surface area (Å²) in [6, 6.07) is 30.3. The van der Waals surface area contributed by atoms with E-state index in [1.165, 1.54) is 5.39 Å². The number of aliphatic hydroxyl groups excluding tert-OH is 2. The number of carbonyl (C=O) groups excluding carboxylic acids is 1. The third-order valence-electron chi connectivity index (χ3n) is 11.5. The van der Waals surface area contributed by atoms with Crippen molar-refractivity contribution in [3.8, 4) is 11.5 Å². The summed E-state index contributed by atoms with van der Waals surface area (Å²) in [7, 11) is 0. The van der Waals surface area contributed by atoms with Gasteiger partial charge in [0.1, 0.15) is 17.1 Å². The first kappa shape index (κ1) is 42.5. The van der Waals surface area contributed by atoms with Crippen molar-refractivity contribution in [3.63, 3.8) is 0 Å². The van der Waals surface area contributed by atoms with Crippen molar-refractivity contribution < 1.29 is 34.1 Å². The van der Waals surface area contributed by atoms with Gasteiger partial charge < -0.3 is 34.6 Å². The number of fused-ring (bicyclic) bond motifs is 3. The minimum Gasteiger partial charge on any atom is -0.460 e. The fraction of sp³-hybridized carbons (Fsp3) is 0.429. The topological polar surface area (TPSA) is 119 Å². The number of amides is 1. The van der Waals surface area contributed by atoms with Gasteiger partial charge in [-0.3, -0.25) is 0 Å². The molecule has 0 aromatic heterocycles. The van der Waals surface area contributed by atoms with E-state index in [0.717, 1.165) is 58.4 Å². The highest BCUT2D eigenvalue weighted by molar-refractivity contribution is 8.00. The Hall–Kier alpha value is -4.61. The van der Waals surface area contributed by atoms with E-state index in [2.05, 4.69) is 60.4 Å². The van der Waals surface area contributed by atoms with Crippen molar-refractivity contribution in [1.29, 1.82) is 0 Å². The minimum absolute atomic E-state index is 0.111. The molecule has 9 nitrogen and oxygen atoms in total. The van der Waals surface area contributed by atoms with E-state index in [9.17, 15) is 15.0 Å². The molecule has 0 saturated heterocycles. The maximum atomic E-state index is 13.2. The molecular weight excluding hydrogens is 761 g/mol. The van der Waals surface area contributed by atoms with Crippen LogP contribution < -0.4 is 14.8 Å². The lowest BCUT2D eigenvalue weighted by Gasteiger charge is -2.58. The second kappa shape index (κ2) is 19.2. The number of hydrogen-bond donors (Lipinski definition) is 3. The molecule has 312 valence electrons. The lowest BCUT2D eigenvalue weighted by atomic mass is 9.56. The Morgan fingerprint density at radius 3 is 2.44 bits per heavy atom. The molecule has 1 saturated carbocycles. The molecule has 1 aliphatic heterocycles. The van der Waals surface area contributed by atoms with Crippen LogP contribution in [0.3, 0.4) is 0 Å². The summed E-state index contributed by atoms with van der Waals surface area (Å²) in [5, 5.41) is 29.7. The van der Waals surface area contributed by atoms with Crippen molar-refractivity contribution in [1.82, 2.24) is 5.32 Å². The number of aliphatic hydroxyl groups is 2. The van der Waals surface area contributed by atoms with Crippen molar-refractivity contribution in [2.45, 2.75) is 99.7 Å². The smallest absolute Gasteiger partial charge is 0.412 e. The number of unbranched alkanes of at least 4 members (excludes halogenated alkanes) is 2. The molecule has 2 aliphatic carbocycles. The molecule has 3 aliphatic rings. The number of benzene rings is 4. The summed E-state index contributed by atoms with van der Waals surface area (Å²) in [4.78, 5) is 20.6. The highest BCUT2D eigenvalue weighted by Gasteiger charge is 2.64. The van der Waals surface area contributed by atoms with Crippen LogP contribution in [0.25, 0.3) is 10.8 Å². The van der Waals surface area contributed by atoms with Crippen molar-refractivity contribution in [3.05, 3.63) is 126 Å². The van der Waals surface area contributed by atoms with Crippen LogP contribution in [-0.4, -0.2) is 58.5 Å². The van der Waals surface area contributed by atoms with Crippen LogP contribution >= 0.6 is 11.8 Å². The zero-order chi connectivity index (χ0) is 41.4. The van der Waals surface area contributed by atoms with E-state index >= 15 is 0 Å². The van der Waals surface area contributed by atoms with Gasteiger partial charge in [-0.1, -0.05) is 90.8 Å². The predicted molar refractivity (Wildman–Crippen MR) is 235 cm³/mol. The van der Waals surface area contributed by atoms with Crippen LogP contribution in [0.4, 0.5) is 4.79 Å². The Morgan fingerprint density at radius 2 is 1.69 bits per heavy atom. The van der Waals surface area contributed by atoms with Gasteiger partial charge in [0.2, 0.25) is 5.79 Å². The average molecular weight is 819 g/mol. The maximum absolute atomic E-state index is 13.2. The molecule has 1 fully saturated rings. The van der Waals surface area contributed by atoms with Crippen LogP contribution in [0.1, 0.15) is 82.8 Å². The summed E-state index contributed by atoms with van der Waals surface area (Å²) < 4.78 is 20.4. The zero-order valence-corrected chi connectivity index (χ0v) is 35.3. The van der Waals surface area contributed by atoms with E-state index in [0.29, 0.717) is 37.3 Å². The summed E-state index contributed by atoms with van der Waals surface area (Å²) in [6.45, 7) is 10.9. The van der Waals surface area contributed by atoms with E-state index in [1.807, 2.05) is 63.2 Å². The van der Waals surface area contributed by atoms with Crippen molar-refractivity contribution in [2.75, 3.05) is 19.8 Å². The molecule has 6 atom stereocenters. The Balaban J connectivity index is 1.37. The number of oxime groups is 1. The van der Waals surface area contributed by atoms with Crippen LogP contribution in [0, 0.1) is 17.8 Å².